The van der Waals surface area contributed by atoms with Crippen LogP contribution in [0.3, 0.4) is 0 Å². The number of benzene rings is 1. The van der Waals surface area contributed by atoms with Gasteiger partial charge < -0.3 is 26.0 Å². The van der Waals surface area contributed by atoms with Gasteiger partial charge in [-0.1, -0.05) is 31.0 Å². The summed E-state index contributed by atoms with van der Waals surface area (Å²) in [5.74, 6) is 0.685. The van der Waals surface area contributed by atoms with E-state index in [4.69, 9.17) is 16.9 Å². The third-order valence-electron chi connectivity index (χ3n) is 5.08. The summed E-state index contributed by atoms with van der Waals surface area (Å²) in [4.78, 5) is 53.0. The zero-order chi connectivity index (χ0) is 26.9. The summed E-state index contributed by atoms with van der Waals surface area (Å²) in [6.45, 7) is 12.3. The van der Waals surface area contributed by atoms with Crippen molar-refractivity contribution in [1.29, 1.82) is 0 Å². The van der Waals surface area contributed by atoms with E-state index < -0.39 is 54.0 Å². The molecule has 9 heteroatoms. The molecule has 4 N–H and O–H groups in total. The molecular weight excluding hydrogens is 448 g/mol. The number of primary amides is 1. The third kappa shape index (κ3) is 8.96. The Morgan fingerprint density at radius 3 is 2.20 bits per heavy atom. The highest BCUT2D eigenvalue weighted by Gasteiger charge is 2.39. The molecule has 4 amide bonds. The Morgan fingerprint density at radius 1 is 1.11 bits per heavy atom. The summed E-state index contributed by atoms with van der Waals surface area (Å²) >= 11 is 0. The molecule has 0 spiro atoms. The number of terminal acetylenes is 1. The van der Waals surface area contributed by atoms with Crippen LogP contribution in [0.15, 0.2) is 24.3 Å². The number of nitrogens with two attached hydrogens (primary N) is 1. The van der Waals surface area contributed by atoms with Crippen molar-refractivity contribution in [2.24, 2.45) is 5.73 Å². The second-order valence-electron chi connectivity index (χ2n) is 9.67. The second-order valence-corrected chi connectivity index (χ2v) is 9.67. The standard InChI is InChI=1S/C26H38N4O5/c1-9-17(5)30(24(33)20(15-21(27)31)29-25(34)35-26(6,7)8)22(23(32)28-16(3)4)19-14-12-11-13-18(19)10-2/h2,11-14,16-17,20,22H,9,15H2,1,3-8H3,(H2,27,31)(H,28,32)(H,29,34). The molecule has 0 aliphatic carbocycles. The summed E-state index contributed by atoms with van der Waals surface area (Å²) < 4.78 is 5.27. The number of ether oxygens (including phenoxy) is 1. The molecule has 0 bridgehead atoms. The smallest absolute Gasteiger partial charge is 0.408 e. The quantitative estimate of drug-likeness (QED) is 0.438. The summed E-state index contributed by atoms with van der Waals surface area (Å²) in [7, 11) is 0. The lowest BCUT2D eigenvalue weighted by atomic mass is 9.95. The van der Waals surface area contributed by atoms with Crippen molar-refractivity contribution in [3.05, 3.63) is 35.4 Å². The molecule has 9 nitrogen and oxygen atoms in total. The Bertz CT molecular complexity index is 961. The van der Waals surface area contributed by atoms with Crippen LogP contribution in [0.1, 0.15) is 78.5 Å². The fourth-order valence-corrected chi connectivity index (χ4v) is 3.47. The largest absolute Gasteiger partial charge is 0.444 e. The van der Waals surface area contributed by atoms with E-state index in [2.05, 4.69) is 16.6 Å². The van der Waals surface area contributed by atoms with Crippen LogP contribution in [-0.4, -0.2) is 52.4 Å². The molecule has 0 aliphatic heterocycles. The van der Waals surface area contributed by atoms with Crippen LogP contribution < -0.4 is 16.4 Å². The maximum Gasteiger partial charge on any atom is 0.408 e. The zero-order valence-corrected chi connectivity index (χ0v) is 21.7. The van der Waals surface area contributed by atoms with Gasteiger partial charge in [-0.25, -0.2) is 4.79 Å². The van der Waals surface area contributed by atoms with E-state index in [1.807, 2.05) is 6.92 Å². The van der Waals surface area contributed by atoms with Gasteiger partial charge in [-0.3, -0.25) is 14.4 Å². The molecule has 0 saturated heterocycles. The number of alkyl carbamates (subject to hydrolysis) is 1. The lowest BCUT2D eigenvalue weighted by Crippen LogP contribution is -2.56. The van der Waals surface area contributed by atoms with Crippen LogP contribution in [0.25, 0.3) is 0 Å². The van der Waals surface area contributed by atoms with Gasteiger partial charge in [0.15, 0.2) is 0 Å². The number of rotatable bonds is 10. The maximum atomic E-state index is 13.9. The summed E-state index contributed by atoms with van der Waals surface area (Å²) in [5.41, 5.74) is 5.47. The number of carbonyl (C=O) groups excluding carboxylic acids is 4. The highest BCUT2D eigenvalue weighted by Crippen LogP contribution is 2.29. The topological polar surface area (TPSA) is 131 Å². The minimum atomic E-state index is -1.34. The van der Waals surface area contributed by atoms with E-state index in [-0.39, 0.29) is 6.04 Å². The molecule has 0 aliphatic rings. The van der Waals surface area contributed by atoms with Crippen LogP contribution in [0, 0.1) is 12.3 Å². The van der Waals surface area contributed by atoms with Gasteiger partial charge in [0.1, 0.15) is 17.7 Å². The lowest BCUT2D eigenvalue weighted by molar-refractivity contribution is -0.146. The van der Waals surface area contributed by atoms with Gasteiger partial charge in [0, 0.05) is 17.6 Å². The van der Waals surface area contributed by atoms with E-state index in [1.54, 1.807) is 65.8 Å². The number of amides is 4. The van der Waals surface area contributed by atoms with Gasteiger partial charge in [0.2, 0.25) is 17.7 Å². The molecule has 3 atom stereocenters. The van der Waals surface area contributed by atoms with E-state index in [9.17, 15) is 19.2 Å². The van der Waals surface area contributed by atoms with E-state index in [0.717, 1.165) is 0 Å². The molecule has 192 valence electrons. The highest BCUT2D eigenvalue weighted by molar-refractivity contribution is 5.95. The summed E-state index contributed by atoms with van der Waals surface area (Å²) in [6, 6.07) is 3.73. The molecule has 3 unspecified atom stereocenters. The monoisotopic (exact) mass is 486 g/mol. The van der Waals surface area contributed by atoms with Crippen molar-refractivity contribution in [1.82, 2.24) is 15.5 Å². The minimum absolute atomic E-state index is 0.210. The Kier molecular flexibility index (Phi) is 10.8. The fourth-order valence-electron chi connectivity index (χ4n) is 3.47. The van der Waals surface area contributed by atoms with Crippen LogP contribution in [0.2, 0.25) is 0 Å². The molecule has 0 radical (unpaired) electrons. The predicted octanol–water partition coefficient (Wildman–Crippen LogP) is 2.63. The number of nitrogens with one attached hydrogen (secondary N) is 2. The third-order valence-corrected chi connectivity index (χ3v) is 5.08. The fraction of sp³-hybridized carbons (Fsp3) is 0.538. The van der Waals surface area contributed by atoms with Crippen molar-refractivity contribution in [3.63, 3.8) is 0 Å². The number of nitrogens with zero attached hydrogens (tertiary/aromatic N) is 1. The molecule has 0 saturated carbocycles. The maximum absolute atomic E-state index is 13.9. The molecular formula is C26H38N4O5. The zero-order valence-electron chi connectivity index (χ0n) is 21.7. The highest BCUT2D eigenvalue weighted by atomic mass is 16.6. The van der Waals surface area contributed by atoms with Gasteiger partial charge in [0.25, 0.3) is 0 Å². The van der Waals surface area contributed by atoms with Crippen molar-refractivity contribution in [3.8, 4) is 12.3 Å². The van der Waals surface area contributed by atoms with Crippen LogP contribution in [0.5, 0.6) is 0 Å². The average molecular weight is 487 g/mol. The number of hydrogen-bond acceptors (Lipinski definition) is 5. The Balaban J connectivity index is 3.62. The van der Waals surface area contributed by atoms with Gasteiger partial charge in [-0.15, -0.1) is 6.42 Å². The molecule has 1 aromatic rings. The first-order valence-corrected chi connectivity index (χ1v) is 11.7. The summed E-state index contributed by atoms with van der Waals surface area (Å²) in [6.07, 6.45) is 4.84. The van der Waals surface area contributed by atoms with Crippen molar-refractivity contribution in [2.45, 2.75) is 91.1 Å². The Morgan fingerprint density at radius 2 is 1.71 bits per heavy atom. The van der Waals surface area contributed by atoms with Crippen molar-refractivity contribution in [2.75, 3.05) is 0 Å². The molecule has 1 aromatic carbocycles. The van der Waals surface area contributed by atoms with E-state index >= 15 is 0 Å². The first kappa shape index (κ1) is 29.5. The van der Waals surface area contributed by atoms with Crippen LogP contribution in [-0.2, 0) is 19.1 Å². The van der Waals surface area contributed by atoms with E-state index in [0.29, 0.717) is 17.5 Å². The lowest BCUT2D eigenvalue weighted by Gasteiger charge is -2.38. The Labute approximate surface area is 208 Å². The number of hydrogen-bond donors (Lipinski definition) is 3. The molecule has 35 heavy (non-hydrogen) atoms. The minimum Gasteiger partial charge on any atom is -0.444 e. The number of carbonyl (C=O) groups is 4. The van der Waals surface area contributed by atoms with Crippen molar-refractivity contribution < 1.29 is 23.9 Å². The second kappa shape index (κ2) is 12.8. The van der Waals surface area contributed by atoms with Crippen LogP contribution >= 0.6 is 0 Å². The molecule has 0 fully saturated rings. The predicted molar refractivity (Wildman–Crippen MR) is 134 cm³/mol. The van der Waals surface area contributed by atoms with E-state index in [1.165, 1.54) is 4.90 Å². The van der Waals surface area contributed by atoms with Crippen molar-refractivity contribution >= 4 is 23.8 Å². The van der Waals surface area contributed by atoms with Gasteiger partial charge in [-0.05, 0) is 59.6 Å². The first-order chi connectivity index (χ1) is 16.2. The summed E-state index contributed by atoms with van der Waals surface area (Å²) in [5, 5.41) is 5.31. The first-order valence-electron chi connectivity index (χ1n) is 11.7. The van der Waals surface area contributed by atoms with Gasteiger partial charge >= 0.3 is 6.09 Å². The Hall–Kier alpha value is -3.54. The average Bonchev–Trinajstić information content (AvgIpc) is 2.73. The normalized spacial score (nSPS) is 13.7. The van der Waals surface area contributed by atoms with Gasteiger partial charge in [0.05, 0.1) is 6.42 Å². The molecule has 0 heterocycles. The van der Waals surface area contributed by atoms with Crippen LogP contribution in [0.4, 0.5) is 4.79 Å². The molecule has 1 rings (SSSR count). The molecule has 0 aromatic heterocycles. The SMILES string of the molecule is C#Cc1ccccc1C(C(=O)NC(C)C)N(C(=O)C(CC(N)=O)NC(=O)OC(C)(C)C)C(C)CC. The van der Waals surface area contributed by atoms with Gasteiger partial charge in [-0.2, -0.15) is 0 Å².